The Kier molecular flexibility index (Phi) is 5.77. The van der Waals surface area contributed by atoms with Gasteiger partial charge in [0.15, 0.2) is 0 Å². The summed E-state index contributed by atoms with van der Waals surface area (Å²) in [4.78, 5) is 11.7. The first-order valence-electron chi connectivity index (χ1n) is 9.04. The minimum absolute atomic E-state index is 0.0656. The monoisotopic (exact) mass is 333 g/mol. The first-order chi connectivity index (χ1) is 12.1. The largest absolute Gasteiger partial charge is 0.290 e. The van der Waals surface area contributed by atoms with Crippen molar-refractivity contribution >= 4 is 0 Å². The van der Waals surface area contributed by atoms with Gasteiger partial charge in [-0.05, 0) is 51.8 Å². The van der Waals surface area contributed by atoms with Gasteiger partial charge in [0, 0.05) is 17.9 Å². The summed E-state index contributed by atoms with van der Waals surface area (Å²) in [6.45, 7) is 4.32. The molecule has 25 heavy (non-hydrogen) atoms. The first-order valence-corrected chi connectivity index (χ1v) is 9.04. The van der Waals surface area contributed by atoms with Crippen LogP contribution in [-0.2, 0) is 0 Å². The summed E-state index contributed by atoms with van der Waals surface area (Å²) in [5, 5.41) is 0. The molecule has 2 atom stereocenters. The molecular formula is C22H27N3. The quantitative estimate of drug-likeness (QED) is 0.707. The Morgan fingerprint density at radius 3 is 2.60 bits per heavy atom. The molecule has 0 aliphatic heterocycles. The highest BCUT2D eigenvalue weighted by Gasteiger charge is 2.26. The van der Waals surface area contributed by atoms with Crippen LogP contribution in [0.1, 0.15) is 49.3 Å². The van der Waals surface area contributed by atoms with E-state index in [9.17, 15) is 0 Å². The molecule has 2 aromatic rings. The molecule has 0 radical (unpaired) electrons. The Balaban J connectivity index is 1.87. The van der Waals surface area contributed by atoms with Gasteiger partial charge in [0.05, 0.1) is 6.04 Å². The SMILES string of the molecule is Cc1ccnc([C@H](c2ccccc2)N(C)[C@@H](C)CC2=CCC=CC2)n1. The van der Waals surface area contributed by atoms with E-state index < -0.39 is 0 Å². The van der Waals surface area contributed by atoms with E-state index in [-0.39, 0.29) is 6.04 Å². The van der Waals surface area contributed by atoms with Gasteiger partial charge in [0.1, 0.15) is 5.82 Å². The van der Waals surface area contributed by atoms with E-state index in [0.29, 0.717) is 6.04 Å². The number of nitrogens with zero attached hydrogens (tertiary/aromatic N) is 3. The number of aromatic nitrogens is 2. The molecule has 1 aromatic heterocycles. The molecule has 0 fully saturated rings. The van der Waals surface area contributed by atoms with Crippen LogP contribution in [0.2, 0.25) is 0 Å². The minimum Gasteiger partial charge on any atom is -0.290 e. The van der Waals surface area contributed by atoms with E-state index in [0.717, 1.165) is 30.8 Å². The lowest BCUT2D eigenvalue weighted by molar-refractivity contribution is 0.202. The number of hydrogen-bond donors (Lipinski definition) is 0. The topological polar surface area (TPSA) is 29.0 Å². The second-order valence-electron chi connectivity index (χ2n) is 6.86. The summed E-state index contributed by atoms with van der Waals surface area (Å²) in [6, 6.07) is 13.0. The summed E-state index contributed by atoms with van der Waals surface area (Å²) in [6.07, 6.45) is 12.0. The van der Waals surface area contributed by atoms with Crippen molar-refractivity contribution in [1.29, 1.82) is 0 Å². The van der Waals surface area contributed by atoms with Crippen molar-refractivity contribution in [1.82, 2.24) is 14.9 Å². The molecule has 1 heterocycles. The van der Waals surface area contributed by atoms with Crippen molar-refractivity contribution in [3.05, 3.63) is 83.5 Å². The first kappa shape index (κ1) is 17.6. The van der Waals surface area contributed by atoms with E-state index >= 15 is 0 Å². The Hall–Kier alpha value is -2.26. The molecule has 0 saturated heterocycles. The van der Waals surface area contributed by atoms with Gasteiger partial charge < -0.3 is 0 Å². The molecule has 0 bridgehead atoms. The molecule has 1 aromatic carbocycles. The maximum Gasteiger partial charge on any atom is 0.150 e. The predicted octanol–water partition coefficient (Wildman–Crippen LogP) is 4.86. The maximum atomic E-state index is 4.72. The van der Waals surface area contributed by atoms with Gasteiger partial charge in [-0.15, -0.1) is 0 Å². The third kappa shape index (κ3) is 4.43. The van der Waals surface area contributed by atoms with Crippen LogP contribution >= 0.6 is 0 Å². The molecule has 0 spiro atoms. The molecule has 0 saturated carbocycles. The van der Waals surface area contributed by atoms with Gasteiger partial charge in [0.25, 0.3) is 0 Å². The van der Waals surface area contributed by atoms with Crippen LogP contribution in [0.4, 0.5) is 0 Å². The number of allylic oxidation sites excluding steroid dienone is 3. The van der Waals surface area contributed by atoms with Gasteiger partial charge in [-0.3, -0.25) is 4.90 Å². The predicted molar refractivity (Wildman–Crippen MR) is 103 cm³/mol. The molecule has 0 unspecified atom stereocenters. The zero-order chi connectivity index (χ0) is 17.6. The van der Waals surface area contributed by atoms with E-state index in [4.69, 9.17) is 4.98 Å². The van der Waals surface area contributed by atoms with Crippen LogP contribution in [0, 0.1) is 6.92 Å². The van der Waals surface area contributed by atoms with Gasteiger partial charge in [0.2, 0.25) is 0 Å². The lowest BCUT2D eigenvalue weighted by atomic mass is 9.96. The van der Waals surface area contributed by atoms with Crippen LogP contribution in [0.3, 0.4) is 0 Å². The summed E-state index contributed by atoms with van der Waals surface area (Å²) >= 11 is 0. The van der Waals surface area contributed by atoms with Gasteiger partial charge in [-0.25, -0.2) is 9.97 Å². The standard InChI is InChI=1S/C22H27N3/c1-17-14-15-23-22(24-17)21(20-12-8-5-9-13-20)25(3)18(2)16-19-10-6-4-7-11-19/h4-6,8-9,11-15,18,21H,7,10,16H2,1-3H3/t18-,21-/m0/s1. The lowest BCUT2D eigenvalue weighted by Gasteiger charge is -2.33. The second kappa shape index (κ2) is 8.21. The van der Waals surface area contributed by atoms with Crippen LogP contribution < -0.4 is 0 Å². The third-order valence-electron chi connectivity index (χ3n) is 4.92. The highest BCUT2D eigenvalue weighted by molar-refractivity contribution is 5.26. The van der Waals surface area contributed by atoms with Gasteiger partial charge in [-0.1, -0.05) is 54.1 Å². The summed E-state index contributed by atoms with van der Waals surface area (Å²) in [7, 11) is 2.19. The Bertz CT molecular complexity index is 749. The highest BCUT2D eigenvalue weighted by atomic mass is 15.2. The third-order valence-corrected chi connectivity index (χ3v) is 4.92. The van der Waals surface area contributed by atoms with Crippen molar-refractivity contribution < 1.29 is 0 Å². The molecular weight excluding hydrogens is 306 g/mol. The van der Waals surface area contributed by atoms with Crippen molar-refractivity contribution in [2.75, 3.05) is 7.05 Å². The van der Waals surface area contributed by atoms with E-state index in [1.807, 2.05) is 19.2 Å². The molecule has 3 heteroatoms. The summed E-state index contributed by atoms with van der Waals surface area (Å²) in [5.41, 5.74) is 3.77. The number of hydrogen-bond acceptors (Lipinski definition) is 3. The lowest BCUT2D eigenvalue weighted by Crippen LogP contribution is -2.35. The summed E-state index contributed by atoms with van der Waals surface area (Å²) in [5.74, 6) is 0.873. The average Bonchev–Trinajstić information content (AvgIpc) is 2.64. The molecule has 0 N–H and O–H groups in total. The number of benzene rings is 1. The zero-order valence-electron chi connectivity index (χ0n) is 15.4. The Labute approximate surface area is 151 Å². The van der Waals surface area contributed by atoms with Crippen LogP contribution in [0.15, 0.2) is 66.4 Å². The molecule has 1 aliphatic rings. The van der Waals surface area contributed by atoms with Crippen LogP contribution in [0.5, 0.6) is 0 Å². The smallest absolute Gasteiger partial charge is 0.150 e. The Morgan fingerprint density at radius 1 is 1.12 bits per heavy atom. The number of rotatable bonds is 6. The normalized spacial score (nSPS) is 16.6. The Morgan fingerprint density at radius 2 is 1.92 bits per heavy atom. The van der Waals surface area contributed by atoms with Crippen LogP contribution in [-0.4, -0.2) is 28.0 Å². The van der Waals surface area contributed by atoms with Crippen molar-refractivity contribution in [2.24, 2.45) is 0 Å². The fraction of sp³-hybridized carbons (Fsp3) is 0.364. The fourth-order valence-corrected chi connectivity index (χ4v) is 3.40. The van der Waals surface area contributed by atoms with Crippen molar-refractivity contribution in [3.63, 3.8) is 0 Å². The fourth-order valence-electron chi connectivity index (χ4n) is 3.40. The summed E-state index contributed by atoms with van der Waals surface area (Å²) < 4.78 is 0. The minimum atomic E-state index is 0.0656. The average molecular weight is 333 g/mol. The van der Waals surface area contributed by atoms with Gasteiger partial charge >= 0.3 is 0 Å². The second-order valence-corrected chi connectivity index (χ2v) is 6.86. The molecule has 0 amide bonds. The number of aryl methyl sites for hydroxylation is 1. The van der Waals surface area contributed by atoms with Gasteiger partial charge in [-0.2, -0.15) is 0 Å². The van der Waals surface area contributed by atoms with Crippen molar-refractivity contribution in [3.8, 4) is 0 Å². The molecule has 130 valence electrons. The van der Waals surface area contributed by atoms with E-state index in [2.05, 4.69) is 72.4 Å². The van der Waals surface area contributed by atoms with Crippen molar-refractivity contribution in [2.45, 2.75) is 45.2 Å². The maximum absolute atomic E-state index is 4.72. The molecule has 1 aliphatic carbocycles. The molecule has 3 nitrogen and oxygen atoms in total. The van der Waals surface area contributed by atoms with Crippen LogP contribution in [0.25, 0.3) is 0 Å². The molecule has 3 rings (SSSR count). The zero-order valence-corrected chi connectivity index (χ0v) is 15.4. The van der Waals surface area contributed by atoms with E-state index in [1.54, 1.807) is 0 Å². The highest BCUT2D eigenvalue weighted by Crippen LogP contribution is 2.29. The van der Waals surface area contributed by atoms with E-state index in [1.165, 1.54) is 11.1 Å².